The molecule has 0 bridgehead atoms. The topological polar surface area (TPSA) is 62.3 Å². The molecule has 146 valence electrons. The summed E-state index contributed by atoms with van der Waals surface area (Å²) in [6, 6.07) is 12.6. The van der Waals surface area contributed by atoms with E-state index < -0.39 is 11.7 Å². The van der Waals surface area contributed by atoms with Crippen molar-refractivity contribution in [1.29, 1.82) is 0 Å². The van der Waals surface area contributed by atoms with E-state index in [9.17, 15) is 14.0 Å². The normalized spacial score (nSPS) is 12.8. The molecule has 0 unspecified atom stereocenters. The number of halogens is 2. The van der Waals surface area contributed by atoms with Crippen LogP contribution in [0.25, 0.3) is 0 Å². The van der Waals surface area contributed by atoms with E-state index in [0.29, 0.717) is 22.8 Å². The van der Waals surface area contributed by atoms with Crippen molar-refractivity contribution in [3.8, 4) is 0 Å². The highest BCUT2D eigenvalue weighted by atomic mass is 35.5. The lowest BCUT2D eigenvalue weighted by Gasteiger charge is -2.21. The van der Waals surface area contributed by atoms with E-state index in [2.05, 4.69) is 10.3 Å². The molecule has 3 aromatic rings. The first-order valence-corrected chi connectivity index (χ1v) is 10.0. The van der Waals surface area contributed by atoms with Gasteiger partial charge in [-0.2, -0.15) is 0 Å². The van der Waals surface area contributed by atoms with Crippen LogP contribution in [0.5, 0.6) is 0 Å². The van der Waals surface area contributed by atoms with E-state index in [1.165, 1.54) is 23.9 Å². The first-order valence-electron chi connectivity index (χ1n) is 8.83. The van der Waals surface area contributed by atoms with Gasteiger partial charge in [0.15, 0.2) is 0 Å². The number of benzene rings is 2. The van der Waals surface area contributed by atoms with Crippen LogP contribution in [0.2, 0.25) is 5.02 Å². The van der Waals surface area contributed by atoms with Crippen molar-refractivity contribution in [3.63, 3.8) is 0 Å². The Labute approximate surface area is 175 Å². The van der Waals surface area contributed by atoms with E-state index in [4.69, 9.17) is 11.6 Å². The van der Waals surface area contributed by atoms with Crippen LogP contribution in [0.15, 0.2) is 64.6 Å². The van der Waals surface area contributed by atoms with Crippen LogP contribution in [-0.4, -0.2) is 23.3 Å². The minimum atomic E-state index is -0.583. The van der Waals surface area contributed by atoms with Crippen LogP contribution < -0.4 is 10.2 Å². The number of nitrogens with zero attached hydrogens (tertiary/aromatic N) is 2. The number of hydrogen-bond acceptors (Lipinski definition) is 4. The van der Waals surface area contributed by atoms with Crippen molar-refractivity contribution in [2.45, 2.75) is 16.8 Å². The number of anilines is 2. The molecule has 0 saturated heterocycles. The van der Waals surface area contributed by atoms with Gasteiger partial charge in [0.1, 0.15) is 10.8 Å². The van der Waals surface area contributed by atoms with Crippen LogP contribution in [0.4, 0.5) is 15.8 Å². The number of aromatic nitrogens is 1. The molecule has 29 heavy (non-hydrogen) atoms. The monoisotopic (exact) mass is 427 g/mol. The number of nitrogens with one attached hydrogen (secondary N) is 1. The average molecular weight is 428 g/mol. The fourth-order valence-corrected chi connectivity index (χ4v) is 4.28. The fraction of sp³-hybridized carbons (Fsp3) is 0.0952. The number of hydrogen-bond donors (Lipinski definition) is 1. The summed E-state index contributed by atoms with van der Waals surface area (Å²) in [4.78, 5) is 32.2. The Morgan fingerprint density at radius 2 is 2.07 bits per heavy atom. The maximum Gasteiger partial charge on any atom is 0.261 e. The Balaban J connectivity index is 1.68. The van der Waals surface area contributed by atoms with Crippen LogP contribution in [0.1, 0.15) is 27.6 Å². The van der Waals surface area contributed by atoms with Gasteiger partial charge in [-0.25, -0.2) is 9.37 Å². The standard InChI is InChI=1S/C21H15ClFN3O2S/c1-2-26-17-8-6-13(25-19(27)12-5-7-16(23)15(22)10-12)11-18(17)29-20-14(21(26)28)4-3-9-24-20/h3-11H,2H2,1H3,(H,25,27). The molecule has 2 aromatic carbocycles. The van der Waals surface area contributed by atoms with Gasteiger partial charge in [0.05, 0.1) is 16.3 Å². The van der Waals surface area contributed by atoms with E-state index >= 15 is 0 Å². The van der Waals surface area contributed by atoms with Crippen LogP contribution in [0.3, 0.4) is 0 Å². The van der Waals surface area contributed by atoms with Gasteiger partial charge in [-0.3, -0.25) is 9.59 Å². The van der Waals surface area contributed by atoms with Gasteiger partial charge in [0.25, 0.3) is 11.8 Å². The summed E-state index contributed by atoms with van der Waals surface area (Å²) >= 11 is 7.14. The van der Waals surface area contributed by atoms with Crippen molar-refractivity contribution in [2.24, 2.45) is 0 Å². The fourth-order valence-electron chi connectivity index (χ4n) is 3.05. The third-order valence-electron chi connectivity index (χ3n) is 4.46. The lowest BCUT2D eigenvalue weighted by atomic mass is 10.2. The lowest BCUT2D eigenvalue weighted by molar-refractivity contribution is 0.0983. The second-order valence-electron chi connectivity index (χ2n) is 6.27. The lowest BCUT2D eigenvalue weighted by Crippen LogP contribution is -2.30. The zero-order valence-corrected chi connectivity index (χ0v) is 16.9. The van der Waals surface area contributed by atoms with Crippen molar-refractivity contribution in [2.75, 3.05) is 16.8 Å². The number of fused-ring (bicyclic) bond motifs is 2. The molecule has 5 nitrogen and oxygen atoms in total. The molecular formula is C21H15ClFN3O2S. The molecule has 1 aromatic heterocycles. The SMILES string of the molecule is CCN1C(=O)c2cccnc2Sc2cc(NC(=O)c3ccc(F)c(Cl)c3)ccc21. The molecule has 1 aliphatic heterocycles. The van der Waals surface area contributed by atoms with Crippen LogP contribution in [0, 0.1) is 5.82 Å². The van der Waals surface area contributed by atoms with Crippen molar-refractivity contribution in [3.05, 3.63) is 76.7 Å². The maximum absolute atomic E-state index is 13.3. The molecule has 0 fully saturated rings. The smallest absolute Gasteiger partial charge is 0.261 e. The molecule has 0 atom stereocenters. The van der Waals surface area contributed by atoms with E-state index in [1.807, 2.05) is 6.92 Å². The Hall–Kier alpha value is -2.90. The molecule has 1 aliphatic rings. The Morgan fingerprint density at radius 3 is 2.83 bits per heavy atom. The predicted molar refractivity (Wildman–Crippen MR) is 112 cm³/mol. The molecule has 0 aliphatic carbocycles. The highest BCUT2D eigenvalue weighted by Crippen LogP contribution is 2.41. The Bertz CT molecular complexity index is 1140. The van der Waals surface area contributed by atoms with Crippen molar-refractivity contribution < 1.29 is 14.0 Å². The van der Waals surface area contributed by atoms with Gasteiger partial charge < -0.3 is 10.2 Å². The number of pyridine rings is 1. The average Bonchev–Trinajstić information content (AvgIpc) is 2.83. The van der Waals surface area contributed by atoms with Crippen molar-refractivity contribution >= 4 is 46.6 Å². The second kappa shape index (κ2) is 7.85. The van der Waals surface area contributed by atoms with Crippen molar-refractivity contribution in [1.82, 2.24) is 4.98 Å². The summed E-state index contributed by atoms with van der Waals surface area (Å²) in [5.41, 5.74) is 2.09. The summed E-state index contributed by atoms with van der Waals surface area (Å²) in [6.07, 6.45) is 1.64. The minimum Gasteiger partial charge on any atom is -0.322 e. The first kappa shape index (κ1) is 19.4. The molecule has 8 heteroatoms. The first-order chi connectivity index (χ1) is 14.0. The third kappa shape index (κ3) is 3.71. The van der Waals surface area contributed by atoms with E-state index in [-0.39, 0.29) is 16.5 Å². The number of carbonyl (C=O) groups excluding carboxylic acids is 2. The van der Waals surface area contributed by atoms with Gasteiger partial charge >= 0.3 is 0 Å². The summed E-state index contributed by atoms with van der Waals surface area (Å²) < 4.78 is 13.3. The van der Waals surface area contributed by atoms with Gasteiger partial charge in [-0.05, 0) is 55.5 Å². The summed E-state index contributed by atoms with van der Waals surface area (Å²) in [5, 5.41) is 3.28. The molecule has 0 radical (unpaired) electrons. The maximum atomic E-state index is 13.3. The zero-order chi connectivity index (χ0) is 20.5. The molecule has 0 saturated carbocycles. The quantitative estimate of drug-likeness (QED) is 0.619. The summed E-state index contributed by atoms with van der Waals surface area (Å²) in [5.74, 6) is -1.10. The number of rotatable bonds is 3. The highest BCUT2D eigenvalue weighted by molar-refractivity contribution is 7.99. The molecule has 0 spiro atoms. The molecule has 2 heterocycles. The number of carbonyl (C=O) groups is 2. The zero-order valence-electron chi connectivity index (χ0n) is 15.3. The second-order valence-corrected chi connectivity index (χ2v) is 7.71. The largest absolute Gasteiger partial charge is 0.322 e. The summed E-state index contributed by atoms with van der Waals surface area (Å²) in [7, 11) is 0. The molecule has 2 amide bonds. The Morgan fingerprint density at radius 1 is 1.24 bits per heavy atom. The van der Waals surface area contributed by atoms with Gasteiger partial charge in [0.2, 0.25) is 0 Å². The van der Waals surface area contributed by atoms with Gasteiger partial charge in [-0.1, -0.05) is 23.4 Å². The highest BCUT2D eigenvalue weighted by Gasteiger charge is 2.27. The molecule has 1 N–H and O–H groups in total. The van der Waals surface area contributed by atoms with E-state index in [0.717, 1.165) is 16.6 Å². The number of amides is 2. The molecular weight excluding hydrogens is 413 g/mol. The Kier molecular flexibility index (Phi) is 5.25. The predicted octanol–water partition coefficient (Wildman–Crippen LogP) is 5.26. The van der Waals surface area contributed by atoms with Gasteiger partial charge in [0, 0.05) is 28.9 Å². The minimum absolute atomic E-state index is 0.111. The summed E-state index contributed by atoms with van der Waals surface area (Å²) in [6.45, 7) is 2.40. The van der Waals surface area contributed by atoms with Crippen LogP contribution >= 0.6 is 23.4 Å². The third-order valence-corrected chi connectivity index (χ3v) is 5.82. The van der Waals surface area contributed by atoms with Gasteiger partial charge in [-0.15, -0.1) is 0 Å². The van der Waals surface area contributed by atoms with E-state index in [1.54, 1.807) is 41.4 Å². The van der Waals surface area contributed by atoms with Crippen LogP contribution in [-0.2, 0) is 0 Å². The molecule has 4 rings (SSSR count).